The minimum atomic E-state index is -0.171. The fourth-order valence-electron chi connectivity index (χ4n) is 2.59. The van der Waals surface area contributed by atoms with Crippen molar-refractivity contribution in [2.24, 2.45) is 0 Å². The van der Waals surface area contributed by atoms with Gasteiger partial charge in [0.05, 0.1) is 5.69 Å². The lowest BCUT2D eigenvalue weighted by molar-refractivity contribution is 0.296. The van der Waals surface area contributed by atoms with Crippen LogP contribution in [0.15, 0.2) is 70.5 Å². The first-order valence-electron chi connectivity index (χ1n) is 8.24. The molecule has 0 aliphatic rings. The Morgan fingerprint density at radius 3 is 2.41 bits per heavy atom. The van der Waals surface area contributed by atoms with Crippen LogP contribution < -0.4 is 10.5 Å². The van der Waals surface area contributed by atoms with Crippen LogP contribution in [0.5, 0.6) is 0 Å². The Balaban J connectivity index is 1.51. The Morgan fingerprint density at radius 1 is 1.00 bits per heavy atom. The van der Waals surface area contributed by atoms with E-state index in [0.29, 0.717) is 11.5 Å². The SMILES string of the molecule is Cc1ccc(Nc2nc(-c3ccc(-c4ccc(N([O-])O)cc4)o3)cs2)cc1. The van der Waals surface area contributed by atoms with E-state index < -0.39 is 0 Å². The first-order chi connectivity index (χ1) is 13.1. The molecule has 2 N–H and O–H groups in total. The van der Waals surface area contributed by atoms with Gasteiger partial charge in [-0.3, -0.25) is 5.21 Å². The number of hydrogen-bond acceptors (Lipinski definition) is 7. The Hall–Kier alpha value is -3.13. The highest BCUT2D eigenvalue weighted by Crippen LogP contribution is 2.32. The molecule has 0 aliphatic heterocycles. The molecule has 0 aliphatic carbocycles. The number of anilines is 3. The summed E-state index contributed by atoms with van der Waals surface area (Å²) in [6, 6.07) is 18.3. The van der Waals surface area contributed by atoms with Crippen LogP contribution in [0, 0.1) is 12.1 Å². The topological polar surface area (TPSA) is 84.6 Å². The molecule has 0 atom stereocenters. The average molecular weight is 378 g/mol. The van der Waals surface area contributed by atoms with Gasteiger partial charge in [-0.25, -0.2) is 4.98 Å². The summed E-state index contributed by atoms with van der Waals surface area (Å²) < 4.78 is 5.90. The third-order valence-electron chi connectivity index (χ3n) is 4.04. The van der Waals surface area contributed by atoms with Gasteiger partial charge in [0, 0.05) is 16.6 Å². The lowest BCUT2D eigenvalue weighted by Crippen LogP contribution is -2.06. The number of aromatic nitrogens is 1. The van der Waals surface area contributed by atoms with Gasteiger partial charge in [0.25, 0.3) is 0 Å². The van der Waals surface area contributed by atoms with Crippen LogP contribution in [-0.2, 0) is 0 Å². The van der Waals surface area contributed by atoms with Crippen molar-refractivity contribution in [2.45, 2.75) is 6.92 Å². The van der Waals surface area contributed by atoms with Gasteiger partial charge in [-0.1, -0.05) is 17.7 Å². The first-order valence-corrected chi connectivity index (χ1v) is 9.12. The molecule has 4 aromatic rings. The highest BCUT2D eigenvalue weighted by atomic mass is 32.1. The molecule has 0 spiro atoms. The van der Waals surface area contributed by atoms with Crippen LogP contribution in [0.4, 0.5) is 16.5 Å². The molecule has 2 aromatic heterocycles. The van der Waals surface area contributed by atoms with Gasteiger partial charge in [0.15, 0.2) is 10.9 Å². The second kappa shape index (κ2) is 7.24. The van der Waals surface area contributed by atoms with E-state index in [9.17, 15) is 5.21 Å². The van der Waals surface area contributed by atoms with Crippen LogP contribution in [0.1, 0.15) is 5.56 Å². The zero-order chi connectivity index (χ0) is 18.8. The number of rotatable bonds is 5. The van der Waals surface area contributed by atoms with Gasteiger partial charge in [0.1, 0.15) is 11.5 Å². The molecule has 0 radical (unpaired) electrons. The Morgan fingerprint density at radius 2 is 1.70 bits per heavy atom. The molecule has 0 unspecified atom stereocenters. The summed E-state index contributed by atoms with van der Waals surface area (Å²) >= 11 is 1.50. The predicted octanol–water partition coefficient (Wildman–Crippen LogP) is 5.82. The van der Waals surface area contributed by atoms with Gasteiger partial charge in [-0.2, -0.15) is 0 Å². The smallest absolute Gasteiger partial charge is 0.187 e. The summed E-state index contributed by atoms with van der Waals surface area (Å²) in [6.45, 7) is 2.05. The largest absolute Gasteiger partial charge is 0.733 e. The highest BCUT2D eigenvalue weighted by Gasteiger charge is 2.11. The number of nitrogens with zero attached hydrogens (tertiary/aromatic N) is 2. The van der Waals surface area contributed by atoms with Crippen LogP contribution in [0.3, 0.4) is 0 Å². The molecule has 2 heterocycles. The fourth-order valence-corrected chi connectivity index (χ4v) is 3.31. The molecule has 0 saturated heterocycles. The van der Waals surface area contributed by atoms with Crippen LogP contribution in [-0.4, -0.2) is 10.2 Å². The summed E-state index contributed by atoms with van der Waals surface area (Å²) in [5.74, 6) is 1.32. The Labute approximate surface area is 159 Å². The molecule has 0 bridgehead atoms. The van der Waals surface area contributed by atoms with Crippen LogP contribution >= 0.6 is 11.3 Å². The lowest BCUT2D eigenvalue weighted by Gasteiger charge is -2.21. The molecule has 2 aromatic carbocycles. The number of nitrogens with one attached hydrogen (secondary N) is 1. The van der Waals surface area contributed by atoms with Gasteiger partial charge < -0.3 is 20.2 Å². The number of thiazole rings is 1. The summed E-state index contributed by atoms with van der Waals surface area (Å²) in [6.07, 6.45) is 0. The van der Waals surface area contributed by atoms with Gasteiger partial charge in [0.2, 0.25) is 0 Å². The van der Waals surface area contributed by atoms with Crippen molar-refractivity contribution in [1.82, 2.24) is 4.98 Å². The van der Waals surface area contributed by atoms with E-state index in [1.165, 1.54) is 29.0 Å². The van der Waals surface area contributed by atoms with Crippen molar-refractivity contribution in [2.75, 3.05) is 10.5 Å². The molecule has 27 heavy (non-hydrogen) atoms. The highest BCUT2D eigenvalue weighted by molar-refractivity contribution is 7.14. The second-order valence-electron chi connectivity index (χ2n) is 6.01. The molecule has 7 heteroatoms. The van der Waals surface area contributed by atoms with Gasteiger partial charge in [-0.15, -0.1) is 11.3 Å². The normalized spacial score (nSPS) is 10.8. The minimum absolute atomic E-state index is 0.164. The molecule has 4 rings (SSSR count). The maximum atomic E-state index is 10.9. The second-order valence-corrected chi connectivity index (χ2v) is 6.87. The zero-order valence-corrected chi connectivity index (χ0v) is 15.2. The van der Waals surface area contributed by atoms with Crippen molar-refractivity contribution in [3.05, 3.63) is 76.8 Å². The average Bonchev–Trinajstić information content (AvgIpc) is 3.33. The van der Waals surface area contributed by atoms with Crippen LogP contribution in [0.25, 0.3) is 22.8 Å². The monoisotopic (exact) mass is 378 g/mol. The van der Waals surface area contributed by atoms with E-state index >= 15 is 0 Å². The van der Waals surface area contributed by atoms with Crippen molar-refractivity contribution in [3.63, 3.8) is 0 Å². The predicted molar refractivity (Wildman–Crippen MR) is 107 cm³/mol. The van der Waals surface area contributed by atoms with E-state index in [1.807, 2.05) is 48.7 Å². The number of benzene rings is 2. The van der Waals surface area contributed by atoms with Crippen LogP contribution in [0.2, 0.25) is 0 Å². The van der Waals surface area contributed by atoms with Gasteiger partial charge in [-0.05, 0) is 55.5 Å². The molecule has 0 saturated carbocycles. The Kier molecular flexibility index (Phi) is 4.64. The van der Waals surface area contributed by atoms with E-state index in [-0.39, 0.29) is 10.9 Å². The van der Waals surface area contributed by atoms with Crippen molar-refractivity contribution >= 4 is 27.8 Å². The van der Waals surface area contributed by atoms with Crippen molar-refractivity contribution in [3.8, 4) is 22.8 Å². The number of hydrogen-bond donors (Lipinski definition) is 2. The summed E-state index contributed by atoms with van der Waals surface area (Å²) in [4.78, 5) is 4.58. The molecule has 0 amide bonds. The Bertz CT molecular complexity index is 1040. The fraction of sp³-hybridized carbons (Fsp3) is 0.0500. The lowest BCUT2D eigenvalue weighted by atomic mass is 10.1. The van der Waals surface area contributed by atoms with Gasteiger partial charge >= 0.3 is 0 Å². The standard InChI is InChI=1S/C20H16N3O3S/c1-13-2-6-15(7-3-13)21-20-22-17(12-27-20)19-11-10-18(26-19)14-4-8-16(9-5-14)23(24)25/h2-12,24H,1H3,(H,21,22)/q-1. The number of aryl methyl sites for hydroxylation is 1. The summed E-state index contributed by atoms with van der Waals surface area (Å²) in [7, 11) is 0. The van der Waals surface area contributed by atoms with E-state index in [4.69, 9.17) is 9.62 Å². The quantitative estimate of drug-likeness (QED) is 0.426. The summed E-state index contributed by atoms with van der Waals surface area (Å²) in [5.41, 5.74) is 3.91. The van der Waals surface area contributed by atoms with Crippen molar-refractivity contribution in [1.29, 1.82) is 0 Å². The summed E-state index contributed by atoms with van der Waals surface area (Å²) in [5, 5.41) is 25.6. The zero-order valence-electron chi connectivity index (χ0n) is 14.4. The van der Waals surface area contributed by atoms with Crippen molar-refractivity contribution < 1.29 is 9.62 Å². The first kappa shape index (κ1) is 17.3. The number of furan rings is 1. The molecule has 136 valence electrons. The maximum Gasteiger partial charge on any atom is 0.187 e. The third kappa shape index (κ3) is 3.85. The maximum absolute atomic E-state index is 10.9. The molecule has 6 nitrogen and oxygen atoms in total. The van der Waals surface area contributed by atoms with E-state index in [2.05, 4.69) is 10.3 Å². The molecular weight excluding hydrogens is 362 g/mol. The molecular formula is C20H16N3O3S-. The van der Waals surface area contributed by atoms with E-state index in [1.54, 1.807) is 12.1 Å². The third-order valence-corrected chi connectivity index (χ3v) is 4.80. The van der Waals surface area contributed by atoms with E-state index in [0.717, 1.165) is 22.1 Å². The molecule has 0 fully saturated rings. The minimum Gasteiger partial charge on any atom is -0.733 e.